The van der Waals surface area contributed by atoms with Gasteiger partial charge in [0.2, 0.25) is 0 Å². The first-order valence-electron chi connectivity index (χ1n) is 6.23. The third kappa shape index (κ3) is 3.64. The van der Waals surface area contributed by atoms with Crippen LogP contribution in [0.4, 0.5) is 0 Å². The molecule has 90 valence electrons. The van der Waals surface area contributed by atoms with Crippen LogP contribution in [0, 0.1) is 0 Å². The van der Waals surface area contributed by atoms with E-state index < -0.39 is 0 Å². The van der Waals surface area contributed by atoms with E-state index in [1.165, 1.54) is 11.1 Å². The maximum Gasteiger partial charge on any atom is 0.0515 e. The number of benzene rings is 1. The summed E-state index contributed by atoms with van der Waals surface area (Å²) in [6.45, 7) is 8.62. The van der Waals surface area contributed by atoms with Crippen molar-refractivity contribution in [1.29, 1.82) is 0 Å². The molecule has 1 N–H and O–H groups in total. The second kappa shape index (κ2) is 5.49. The second-order valence-corrected chi connectivity index (χ2v) is 5.32. The molecule has 0 aliphatic heterocycles. The van der Waals surface area contributed by atoms with Crippen LogP contribution in [0.2, 0.25) is 0 Å². The summed E-state index contributed by atoms with van der Waals surface area (Å²) >= 11 is 0. The molecular weight excluding hydrogens is 196 g/mol. The standard InChI is InChI=1S/C15H24O/c1-5-15(3,4)14-10-8-13(9-11-14)7-6-12(2)16/h8-12,16H,5-7H2,1-4H3. The lowest BCUT2D eigenvalue weighted by Crippen LogP contribution is -2.15. The minimum absolute atomic E-state index is 0.202. The maximum absolute atomic E-state index is 9.24. The molecular formula is C15H24O. The predicted octanol–water partition coefficient (Wildman–Crippen LogP) is 3.69. The lowest BCUT2D eigenvalue weighted by molar-refractivity contribution is 0.185. The molecule has 1 rings (SSSR count). The van der Waals surface area contributed by atoms with Gasteiger partial charge in [0, 0.05) is 0 Å². The fourth-order valence-corrected chi connectivity index (χ4v) is 1.70. The van der Waals surface area contributed by atoms with Crippen LogP contribution in [-0.2, 0) is 11.8 Å². The van der Waals surface area contributed by atoms with Crippen molar-refractivity contribution in [2.24, 2.45) is 0 Å². The van der Waals surface area contributed by atoms with E-state index in [4.69, 9.17) is 0 Å². The molecule has 1 nitrogen and oxygen atoms in total. The lowest BCUT2D eigenvalue weighted by Gasteiger charge is -2.23. The topological polar surface area (TPSA) is 20.2 Å². The van der Waals surface area contributed by atoms with Crippen molar-refractivity contribution in [2.45, 2.75) is 58.5 Å². The quantitative estimate of drug-likeness (QED) is 0.802. The molecule has 1 aromatic carbocycles. The molecule has 0 aliphatic rings. The van der Waals surface area contributed by atoms with Gasteiger partial charge in [0.25, 0.3) is 0 Å². The SMILES string of the molecule is CCC(C)(C)c1ccc(CCC(C)O)cc1. The van der Waals surface area contributed by atoms with Gasteiger partial charge < -0.3 is 5.11 Å². The van der Waals surface area contributed by atoms with Gasteiger partial charge >= 0.3 is 0 Å². The summed E-state index contributed by atoms with van der Waals surface area (Å²) in [5, 5.41) is 9.24. The van der Waals surface area contributed by atoms with Crippen molar-refractivity contribution < 1.29 is 5.11 Å². The van der Waals surface area contributed by atoms with Crippen molar-refractivity contribution >= 4 is 0 Å². The molecule has 0 bridgehead atoms. The summed E-state index contributed by atoms with van der Waals surface area (Å²) in [5.74, 6) is 0. The van der Waals surface area contributed by atoms with Gasteiger partial charge in [-0.25, -0.2) is 0 Å². The average molecular weight is 220 g/mol. The number of aliphatic hydroxyl groups excluding tert-OH is 1. The highest BCUT2D eigenvalue weighted by Gasteiger charge is 2.17. The Kier molecular flexibility index (Phi) is 4.55. The van der Waals surface area contributed by atoms with Gasteiger partial charge in [-0.1, -0.05) is 45.0 Å². The highest BCUT2D eigenvalue weighted by Crippen LogP contribution is 2.26. The fourth-order valence-electron chi connectivity index (χ4n) is 1.70. The average Bonchev–Trinajstić information content (AvgIpc) is 2.27. The van der Waals surface area contributed by atoms with Crippen LogP contribution < -0.4 is 0 Å². The summed E-state index contributed by atoms with van der Waals surface area (Å²) in [6, 6.07) is 8.83. The molecule has 16 heavy (non-hydrogen) atoms. The molecule has 1 aromatic rings. The molecule has 0 aliphatic carbocycles. The van der Waals surface area contributed by atoms with Crippen molar-refractivity contribution in [1.82, 2.24) is 0 Å². The van der Waals surface area contributed by atoms with Gasteiger partial charge in [-0.15, -0.1) is 0 Å². The van der Waals surface area contributed by atoms with Crippen LogP contribution in [0.5, 0.6) is 0 Å². The first-order valence-corrected chi connectivity index (χ1v) is 6.23. The van der Waals surface area contributed by atoms with E-state index in [2.05, 4.69) is 45.0 Å². The Bertz CT molecular complexity index is 309. The molecule has 1 unspecified atom stereocenters. The molecule has 0 heterocycles. The van der Waals surface area contributed by atoms with Gasteiger partial charge in [0.15, 0.2) is 0 Å². The fraction of sp³-hybridized carbons (Fsp3) is 0.600. The van der Waals surface area contributed by atoms with E-state index in [1.54, 1.807) is 0 Å². The van der Waals surface area contributed by atoms with E-state index in [-0.39, 0.29) is 11.5 Å². The van der Waals surface area contributed by atoms with Crippen molar-refractivity contribution in [3.05, 3.63) is 35.4 Å². The Morgan fingerprint density at radius 3 is 2.19 bits per heavy atom. The Balaban J connectivity index is 2.68. The molecule has 1 heteroatoms. The zero-order valence-electron chi connectivity index (χ0n) is 11.0. The summed E-state index contributed by atoms with van der Waals surface area (Å²) in [4.78, 5) is 0. The van der Waals surface area contributed by atoms with E-state index in [9.17, 15) is 5.11 Å². The number of hydrogen-bond acceptors (Lipinski definition) is 1. The summed E-state index contributed by atoms with van der Waals surface area (Å²) in [6.07, 6.45) is 2.76. The zero-order valence-corrected chi connectivity index (χ0v) is 11.0. The largest absolute Gasteiger partial charge is 0.393 e. The van der Waals surface area contributed by atoms with Crippen molar-refractivity contribution in [2.75, 3.05) is 0 Å². The Morgan fingerprint density at radius 2 is 1.75 bits per heavy atom. The van der Waals surface area contributed by atoms with Crippen LogP contribution in [0.15, 0.2) is 24.3 Å². The zero-order chi connectivity index (χ0) is 12.2. The van der Waals surface area contributed by atoms with Crippen LogP contribution in [-0.4, -0.2) is 11.2 Å². The van der Waals surface area contributed by atoms with Crippen LogP contribution in [0.1, 0.15) is 51.7 Å². The number of aliphatic hydroxyl groups is 1. The first-order chi connectivity index (χ1) is 7.45. The molecule has 0 radical (unpaired) electrons. The van der Waals surface area contributed by atoms with Crippen molar-refractivity contribution in [3.8, 4) is 0 Å². The van der Waals surface area contributed by atoms with Crippen LogP contribution in [0.3, 0.4) is 0 Å². The minimum Gasteiger partial charge on any atom is -0.393 e. The van der Waals surface area contributed by atoms with E-state index in [0.717, 1.165) is 19.3 Å². The van der Waals surface area contributed by atoms with Crippen molar-refractivity contribution in [3.63, 3.8) is 0 Å². The molecule has 0 fully saturated rings. The third-order valence-electron chi connectivity index (χ3n) is 3.47. The minimum atomic E-state index is -0.202. The van der Waals surface area contributed by atoms with Gasteiger partial charge in [0.1, 0.15) is 0 Å². The molecule has 0 saturated heterocycles. The number of hydrogen-bond donors (Lipinski definition) is 1. The molecule has 1 atom stereocenters. The summed E-state index contributed by atoms with van der Waals surface area (Å²) in [7, 11) is 0. The molecule has 0 spiro atoms. The second-order valence-electron chi connectivity index (χ2n) is 5.32. The monoisotopic (exact) mass is 220 g/mol. The smallest absolute Gasteiger partial charge is 0.0515 e. The lowest BCUT2D eigenvalue weighted by atomic mass is 9.82. The molecule has 0 amide bonds. The maximum atomic E-state index is 9.24. The predicted molar refractivity (Wildman–Crippen MR) is 69.8 cm³/mol. The highest BCUT2D eigenvalue weighted by molar-refractivity contribution is 5.28. The number of rotatable bonds is 5. The molecule has 0 saturated carbocycles. The first kappa shape index (κ1) is 13.2. The Labute approximate surface area is 99.5 Å². The van der Waals surface area contributed by atoms with Gasteiger partial charge in [-0.05, 0) is 42.7 Å². The van der Waals surface area contributed by atoms with E-state index in [1.807, 2.05) is 6.92 Å². The van der Waals surface area contributed by atoms with E-state index in [0.29, 0.717) is 0 Å². The van der Waals surface area contributed by atoms with E-state index >= 15 is 0 Å². The normalized spacial score (nSPS) is 13.8. The Morgan fingerprint density at radius 1 is 1.19 bits per heavy atom. The number of aryl methyl sites for hydroxylation is 1. The highest BCUT2D eigenvalue weighted by atomic mass is 16.3. The van der Waals surface area contributed by atoms with Gasteiger partial charge in [-0.3, -0.25) is 0 Å². The molecule has 0 aromatic heterocycles. The van der Waals surface area contributed by atoms with Gasteiger partial charge in [0.05, 0.1) is 6.10 Å². The summed E-state index contributed by atoms with van der Waals surface area (Å²) in [5.41, 5.74) is 2.98. The Hall–Kier alpha value is -0.820. The third-order valence-corrected chi connectivity index (χ3v) is 3.47. The summed E-state index contributed by atoms with van der Waals surface area (Å²) < 4.78 is 0. The van der Waals surface area contributed by atoms with Crippen LogP contribution in [0.25, 0.3) is 0 Å². The van der Waals surface area contributed by atoms with Crippen LogP contribution >= 0.6 is 0 Å². The van der Waals surface area contributed by atoms with Gasteiger partial charge in [-0.2, -0.15) is 0 Å².